The van der Waals surface area contributed by atoms with Gasteiger partial charge in [-0.1, -0.05) is 0 Å². The first-order valence-electron chi connectivity index (χ1n) is 6.00. The zero-order valence-electron chi connectivity index (χ0n) is 11.3. The summed E-state index contributed by atoms with van der Waals surface area (Å²) in [5, 5.41) is 2.77. The average Bonchev–Trinajstić information content (AvgIpc) is 2.48. The molecule has 0 saturated heterocycles. The maximum Gasteiger partial charge on any atom is 0.326 e. The second-order valence-corrected chi connectivity index (χ2v) is 4.15. The van der Waals surface area contributed by atoms with Gasteiger partial charge < -0.3 is 15.8 Å². The van der Waals surface area contributed by atoms with Crippen molar-refractivity contribution in [1.29, 1.82) is 0 Å². The molecular weight excluding hydrogens is 256 g/mol. The molecule has 104 valence electrons. The standard InChI is InChI=1S/C14H16N4O2/c1-18(13-7-8-16-9-12(13)15)14(19)17-10-3-5-11(20-2)6-4-10/h3-9H,15H2,1-2H3,(H,17,19). The summed E-state index contributed by atoms with van der Waals surface area (Å²) in [6.45, 7) is 0. The summed E-state index contributed by atoms with van der Waals surface area (Å²) in [7, 11) is 3.23. The number of hydrogen-bond donors (Lipinski definition) is 2. The third kappa shape index (κ3) is 2.97. The van der Waals surface area contributed by atoms with E-state index in [1.54, 1.807) is 50.7 Å². The normalized spacial score (nSPS) is 9.90. The van der Waals surface area contributed by atoms with Crippen molar-refractivity contribution in [2.24, 2.45) is 0 Å². The van der Waals surface area contributed by atoms with Crippen molar-refractivity contribution in [3.63, 3.8) is 0 Å². The summed E-state index contributed by atoms with van der Waals surface area (Å²) >= 11 is 0. The van der Waals surface area contributed by atoms with E-state index in [1.165, 1.54) is 11.1 Å². The number of pyridine rings is 1. The Hall–Kier alpha value is -2.76. The Balaban J connectivity index is 2.09. The van der Waals surface area contributed by atoms with E-state index in [1.807, 2.05) is 0 Å². The molecule has 2 rings (SSSR count). The number of ether oxygens (including phenoxy) is 1. The summed E-state index contributed by atoms with van der Waals surface area (Å²) in [6, 6.07) is 8.48. The van der Waals surface area contributed by atoms with E-state index in [4.69, 9.17) is 10.5 Å². The van der Waals surface area contributed by atoms with Crippen molar-refractivity contribution in [1.82, 2.24) is 4.98 Å². The first kappa shape index (κ1) is 13.7. The van der Waals surface area contributed by atoms with Crippen molar-refractivity contribution in [2.45, 2.75) is 0 Å². The number of rotatable bonds is 3. The highest BCUT2D eigenvalue weighted by atomic mass is 16.5. The Kier molecular flexibility index (Phi) is 4.05. The number of nitrogens with one attached hydrogen (secondary N) is 1. The number of nitrogen functional groups attached to an aromatic ring is 1. The Bertz CT molecular complexity index is 598. The quantitative estimate of drug-likeness (QED) is 0.898. The molecule has 20 heavy (non-hydrogen) atoms. The van der Waals surface area contributed by atoms with Crippen molar-refractivity contribution in [3.05, 3.63) is 42.7 Å². The number of amides is 2. The minimum atomic E-state index is -0.284. The molecule has 0 spiro atoms. The van der Waals surface area contributed by atoms with E-state index < -0.39 is 0 Å². The predicted octanol–water partition coefficient (Wildman–Crippen LogP) is 2.34. The number of carbonyl (C=O) groups excluding carboxylic acids is 1. The van der Waals surface area contributed by atoms with Gasteiger partial charge in [0.1, 0.15) is 5.75 Å². The second kappa shape index (κ2) is 5.92. The second-order valence-electron chi connectivity index (χ2n) is 4.15. The van der Waals surface area contributed by atoms with Gasteiger partial charge in [0.05, 0.1) is 24.7 Å². The van der Waals surface area contributed by atoms with Crippen LogP contribution < -0.4 is 20.7 Å². The molecule has 0 fully saturated rings. The molecule has 0 bridgehead atoms. The molecule has 6 heteroatoms. The van der Waals surface area contributed by atoms with Gasteiger partial charge in [-0.3, -0.25) is 9.88 Å². The SMILES string of the molecule is COc1ccc(NC(=O)N(C)c2ccncc2N)cc1. The lowest BCUT2D eigenvalue weighted by molar-refractivity contribution is 0.258. The Labute approximate surface area is 117 Å². The lowest BCUT2D eigenvalue weighted by atomic mass is 10.3. The first-order chi connectivity index (χ1) is 9.61. The zero-order chi connectivity index (χ0) is 14.5. The van der Waals surface area contributed by atoms with Gasteiger partial charge in [-0.25, -0.2) is 4.79 Å². The van der Waals surface area contributed by atoms with Crippen LogP contribution >= 0.6 is 0 Å². The minimum absolute atomic E-state index is 0.284. The first-order valence-corrected chi connectivity index (χ1v) is 6.00. The lowest BCUT2D eigenvalue weighted by Crippen LogP contribution is -2.31. The van der Waals surface area contributed by atoms with Gasteiger partial charge in [0.25, 0.3) is 0 Å². The number of nitrogens with zero attached hydrogens (tertiary/aromatic N) is 2. The minimum Gasteiger partial charge on any atom is -0.497 e. The topological polar surface area (TPSA) is 80.5 Å². The van der Waals surface area contributed by atoms with Crippen molar-refractivity contribution < 1.29 is 9.53 Å². The van der Waals surface area contributed by atoms with Crippen molar-refractivity contribution >= 4 is 23.1 Å². The maximum absolute atomic E-state index is 12.1. The molecule has 0 aliphatic heterocycles. The third-order valence-electron chi connectivity index (χ3n) is 2.84. The molecule has 0 aliphatic rings. The number of methoxy groups -OCH3 is 1. The van der Waals surface area contributed by atoms with Crippen LogP contribution in [0.2, 0.25) is 0 Å². The number of carbonyl (C=O) groups is 1. The number of benzene rings is 1. The summed E-state index contributed by atoms with van der Waals surface area (Å²) < 4.78 is 5.06. The fourth-order valence-corrected chi connectivity index (χ4v) is 1.70. The molecule has 2 amide bonds. The van der Waals surface area contributed by atoms with E-state index in [0.29, 0.717) is 17.1 Å². The molecular formula is C14H16N4O2. The smallest absolute Gasteiger partial charge is 0.326 e. The molecule has 0 saturated carbocycles. The van der Waals surface area contributed by atoms with Gasteiger partial charge in [-0.2, -0.15) is 0 Å². The molecule has 6 nitrogen and oxygen atoms in total. The van der Waals surface area contributed by atoms with Crippen LogP contribution in [0.25, 0.3) is 0 Å². The molecule has 0 atom stereocenters. The summed E-state index contributed by atoms with van der Waals surface area (Å²) in [4.78, 5) is 17.5. The highest BCUT2D eigenvalue weighted by molar-refractivity contribution is 6.03. The molecule has 2 aromatic rings. The van der Waals surface area contributed by atoms with Gasteiger partial charge >= 0.3 is 6.03 Å². The molecule has 3 N–H and O–H groups in total. The monoisotopic (exact) mass is 272 g/mol. The van der Waals surface area contributed by atoms with Gasteiger partial charge in [0.2, 0.25) is 0 Å². The predicted molar refractivity (Wildman–Crippen MR) is 79.1 cm³/mol. The number of anilines is 3. The van der Waals surface area contributed by atoms with Gasteiger partial charge in [-0.05, 0) is 30.3 Å². The van der Waals surface area contributed by atoms with Crippen LogP contribution in [0.1, 0.15) is 0 Å². The largest absolute Gasteiger partial charge is 0.497 e. The van der Waals surface area contributed by atoms with E-state index in [0.717, 1.165) is 5.75 Å². The van der Waals surface area contributed by atoms with E-state index >= 15 is 0 Å². The summed E-state index contributed by atoms with van der Waals surface area (Å²) in [5.41, 5.74) is 7.51. The van der Waals surface area contributed by atoms with Crippen LogP contribution in [0.4, 0.5) is 21.9 Å². The Morgan fingerprint density at radius 3 is 2.60 bits per heavy atom. The number of nitrogens with two attached hydrogens (primary N) is 1. The van der Waals surface area contributed by atoms with Crippen LogP contribution in [0.3, 0.4) is 0 Å². The van der Waals surface area contributed by atoms with Gasteiger partial charge in [-0.15, -0.1) is 0 Å². The van der Waals surface area contributed by atoms with Crippen LogP contribution in [-0.4, -0.2) is 25.2 Å². The third-order valence-corrected chi connectivity index (χ3v) is 2.84. The van der Waals surface area contributed by atoms with Crippen molar-refractivity contribution in [2.75, 3.05) is 30.1 Å². The Morgan fingerprint density at radius 1 is 1.30 bits per heavy atom. The molecule has 1 aromatic heterocycles. The summed E-state index contributed by atoms with van der Waals surface area (Å²) in [6.07, 6.45) is 3.09. The van der Waals surface area contributed by atoms with Crippen molar-refractivity contribution in [3.8, 4) is 5.75 Å². The average molecular weight is 272 g/mol. The number of urea groups is 1. The molecule has 0 unspecified atom stereocenters. The fraction of sp³-hybridized carbons (Fsp3) is 0.143. The van der Waals surface area contributed by atoms with Gasteiger partial charge in [0.15, 0.2) is 0 Å². The number of aromatic nitrogens is 1. The Morgan fingerprint density at radius 2 is 2.00 bits per heavy atom. The zero-order valence-corrected chi connectivity index (χ0v) is 11.3. The highest BCUT2D eigenvalue weighted by Gasteiger charge is 2.13. The van der Waals surface area contributed by atoms with Crippen LogP contribution in [0.15, 0.2) is 42.7 Å². The molecule has 0 radical (unpaired) electrons. The maximum atomic E-state index is 12.1. The molecule has 1 aromatic carbocycles. The van der Waals surface area contributed by atoms with E-state index in [-0.39, 0.29) is 6.03 Å². The lowest BCUT2D eigenvalue weighted by Gasteiger charge is -2.19. The number of hydrogen-bond acceptors (Lipinski definition) is 4. The van der Waals surface area contributed by atoms with Gasteiger partial charge in [0, 0.05) is 18.9 Å². The van der Waals surface area contributed by atoms with E-state index in [9.17, 15) is 4.79 Å². The summed E-state index contributed by atoms with van der Waals surface area (Å²) in [5.74, 6) is 0.731. The van der Waals surface area contributed by atoms with Crippen LogP contribution in [0, 0.1) is 0 Å². The highest BCUT2D eigenvalue weighted by Crippen LogP contribution is 2.21. The van der Waals surface area contributed by atoms with Crippen LogP contribution in [0.5, 0.6) is 5.75 Å². The van der Waals surface area contributed by atoms with Crippen LogP contribution in [-0.2, 0) is 0 Å². The van der Waals surface area contributed by atoms with E-state index in [2.05, 4.69) is 10.3 Å². The fourth-order valence-electron chi connectivity index (χ4n) is 1.70. The molecule has 1 heterocycles. The molecule has 0 aliphatic carbocycles.